The summed E-state index contributed by atoms with van der Waals surface area (Å²) in [6.07, 6.45) is 5.03. The molecule has 0 atom stereocenters. The van der Waals surface area contributed by atoms with Crippen molar-refractivity contribution in [3.63, 3.8) is 0 Å². The fourth-order valence-electron chi connectivity index (χ4n) is 2.00. The zero-order valence-corrected chi connectivity index (χ0v) is 13.0. The Balaban J connectivity index is 1.95. The average Bonchev–Trinajstić information content (AvgIpc) is 3.16. The van der Waals surface area contributed by atoms with E-state index in [4.69, 9.17) is 16.6 Å². The van der Waals surface area contributed by atoms with Crippen LogP contribution < -0.4 is 0 Å². The van der Waals surface area contributed by atoms with Crippen molar-refractivity contribution < 1.29 is 8.81 Å². The van der Waals surface area contributed by atoms with Gasteiger partial charge in [-0.15, -0.1) is 0 Å². The molecule has 1 N–H and O–H groups in total. The van der Waals surface area contributed by atoms with E-state index in [1.807, 2.05) is 19.1 Å². The first-order valence-electron chi connectivity index (χ1n) is 6.83. The molecule has 1 aromatic carbocycles. The number of allylic oxidation sites excluding steroid dienone is 1. The Morgan fingerprint density at radius 3 is 2.91 bits per heavy atom. The average molecular weight is 328 g/mol. The number of nitrogens with zero attached hydrogens (tertiary/aromatic N) is 3. The van der Waals surface area contributed by atoms with Gasteiger partial charge in [0.25, 0.3) is 0 Å². The molecular weight excluding hydrogens is 315 g/mol. The van der Waals surface area contributed by atoms with Crippen molar-refractivity contribution >= 4 is 24.5 Å². The molecule has 7 heteroatoms. The molecule has 0 bridgehead atoms. The first-order valence-corrected chi connectivity index (χ1v) is 7.24. The molecule has 0 saturated heterocycles. The summed E-state index contributed by atoms with van der Waals surface area (Å²) in [5, 5.41) is 11.0. The number of nitrogens with one attached hydrogen (secondary N) is 1. The van der Waals surface area contributed by atoms with Crippen LogP contribution in [-0.2, 0) is 0 Å². The maximum Gasteiger partial charge on any atom is 0.216 e. The van der Waals surface area contributed by atoms with E-state index in [9.17, 15) is 4.39 Å². The van der Waals surface area contributed by atoms with Gasteiger partial charge in [-0.05, 0) is 55.1 Å². The molecule has 2 aromatic heterocycles. The molecule has 0 aliphatic carbocycles. The van der Waals surface area contributed by atoms with Gasteiger partial charge in [0.05, 0.1) is 18.0 Å². The highest BCUT2D eigenvalue weighted by atomic mass is 32.1. The Labute approximate surface area is 136 Å². The highest BCUT2D eigenvalue weighted by Crippen LogP contribution is 2.20. The van der Waals surface area contributed by atoms with Gasteiger partial charge in [0, 0.05) is 0 Å². The molecule has 116 valence electrons. The van der Waals surface area contributed by atoms with E-state index in [1.165, 1.54) is 10.7 Å². The number of halogens is 1. The van der Waals surface area contributed by atoms with E-state index in [2.05, 4.69) is 15.3 Å². The van der Waals surface area contributed by atoms with Gasteiger partial charge in [-0.3, -0.25) is 0 Å². The highest BCUT2D eigenvalue weighted by molar-refractivity contribution is 7.71. The minimum absolute atomic E-state index is 0.283. The third-order valence-corrected chi connectivity index (χ3v) is 3.32. The van der Waals surface area contributed by atoms with Gasteiger partial charge in [0.15, 0.2) is 5.82 Å². The Hall–Kier alpha value is -2.80. The van der Waals surface area contributed by atoms with Crippen molar-refractivity contribution in [2.45, 2.75) is 6.92 Å². The summed E-state index contributed by atoms with van der Waals surface area (Å²) in [4.78, 5) is 0. The number of hydrogen-bond donors (Lipinski definition) is 1. The van der Waals surface area contributed by atoms with Gasteiger partial charge < -0.3 is 4.42 Å². The zero-order valence-electron chi connectivity index (χ0n) is 12.2. The lowest BCUT2D eigenvalue weighted by Crippen LogP contribution is -1.96. The van der Waals surface area contributed by atoms with E-state index >= 15 is 0 Å². The Morgan fingerprint density at radius 1 is 1.35 bits per heavy atom. The number of aromatic amines is 1. The summed E-state index contributed by atoms with van der Waals surface area (Å²) in [5.41, 5.74) is 1.17. The molecule has 0 saturated carbocycles. The summed E-state index contributed by atoms with van der Waals surface area (Å²) >= 11 is 5.15. The summed E-state index contributed by atoms with van der Waals surface area (Å²) in [6.45, 7) is 1.87. The predicted octanol–water partition coefficient (Wildman–Crippen LogP) is 4.28. The van der Waals surface area contributed by atoms with Crippen molar-refractivity contribution in [3.05, 3.63) is 64.6 Å². The van der Waals surface area contributed by atoms with Crippen LogP contribution in [0.5, 0.6) is 0 Å². The number of benzene rings is 1. The molecule has 5 nitrogen and oxygen atoms in total. The summed E-state index contributed by atoms with van der Waals surface area (Å²) in [6, 6.07) is 9.97. The first-order chi connectivity index (χ1) is 11.1. The minimum Gasteiger partial charge on any atom is -0.465 e. The monoisotopic (exact) mass is 328 g/mol. The maximum atomic E-state index is 13.9. The second-order valence-corrected chi connectivity index (χ2v) is 5.18. The molecule has 0 aliphatic heterocycles. The number of rotatable bonds is 4. The van der Waals surface area contributed by atoms with Crippen LogP contribution in [-0.4, -0.2) is 21.1 Å². The second kappa shape index (κ2) is 6.53. The van der Waals surface area contributed by atoms with Gasteiger partial charge in [-0.1, -0.05) is 12.1 Å². The number of H-pyrrole nitrogens is 1. The van der Waals surface area contributed by atoms with Crippen molar-refractivity contribution in [1.29, 1.82) is 0 Å². The molecular formula is C16H13FN4OS. The lowest BCUT2D eigenvalue weighted by Gasteiger charge is -2.02. The van der Waals surface area contributed by atoms with E-state index in [1.54, 1.807) is 36.7 Å². The van der Waals surface area contributed by atoms with Crippen LogP contribution in [0.2, 0.25) is 0 Å². The number of hydrogen-bond acceptors (Lipinski definition) is 4. The third kappa shape index (κ3) is 3.35. The normalized spacial score (nSPS) is 12.2. The summed E-state index contributed by atoms with van der Waals surface area (Å²) < 4.78 is 20.8. The minimum atomic E-state index is -0.388. The number of aromatic nitrogens is 3. The molecule has 0 unspecified atom stereocenters. The van der Waals surface area contributed by atoms with Gasteiger partial charge in [0.1, 0.15) is 11.6 Å². The summed E-state index contributed by atoms with van der Waals surface area (Å²) in [5.74, 6) is 0.648. The van der Waals surface area contributed by atoms with Crippen LogP contribution in [0.25, 0.3) is 17.5 Å². The van der Waals surface area contributed by atoms with E-state index in [0.717, 1.165) is 11.3 Å². The second-order valence-electron chi connectivity index (χ2n) is 4.79. The largest absolute Gasteiger partial charge is 0.465 e. The number of furan rings is 1. The van der Waals surface area contributed by atoms with Crippen LogP contribution in [0.4, 0.5) is 4.39 Å². The van der Waals surface area contributed by atoms with Crippen molar-refractivity contribution in [2.75, 3.05) is 0 Å². The van der Waals surface area contributed by atoms with Crippen LogP contribution >= 0.6 is 12.2 Å². The molecule has 0 spiro atoms. The quantitative estimate of drug-likeness (QED) is 0.574. The van der Waals surface area contributed by atoms with E-state index < -0.39 is 0 Å². The van der Waals surface area contributed by atoms with Crippen molar-refractivity contribution in [2.24, 2.45) is 5.10 Å². The van der Waals surface area contributed by atoms with Gasteiger partial charge in [-0.25, -0.2) is 9.49 Å². The predicted molar refractivity (Wildman–Crippen MR) is 89.1 cm³/mol. The zero-order chi connectivity index (χ0) is 16.2. The lowest BCUT2D eigenvalue weighted by atomic mass is 10.2. The van der Waals surface area contributed by atoms with Crippen LogP contribution in [0.1, 0.15) is 12.7 Å². The Kier molecular flexibility index (Phi) is 4.29. The highest BCUT2D eigenvalue weighted by Gasteiger charge is 2.12. The topological polar surface area (TPSA) is 59.1 Å². The van der Waals surface area contributed by atoms with Crippen LogP contribution in [0.15, 0.2) is 57.8 Å². The maximum absolute atomic E-state index is 13.9. The summed E-state index contributed by atoms with van der Waals surface area (Å²) in [7, 11) is 0. The SMILES string of the molecule is CC(C=Nn1c(-c2ccccc2F)n[nH]c1=S)=Cc1ccco1. The van der Waals surface area contributed by atoms with Gasteiger partial charge in [-0.2, -0.15) is 14.9 Å². The molecule has 0 radical (unpaired) electrons. The van der Waals surface area contributed by atoms with Crippen molar-refractivity contribution in [1.82, 2.24) is 14.9 Å². The standard InChI is InChI=1S/C16H13FN4OS/c1-11(9-12-5-4-8-22-12)10-18-21-15(19-20-16(21)23)13-6-2-3-7-14(13)17/h2-10H,1H3,(H,20,23). The van der Waals surface area contributed by atoms with E-state index in [-0.39, 0.29) is 10.6 Å². The van der Waals surface area contributed by atoms with Crippen molar-refractivity contribution in [3.8, 4) is 11.4 Å². The molecule has 0 aliphatic rings. The molecule has 0 fully saturated rings. The molecule has 23 heavy (non-hydrogen) atoms. The van der Waals surface area contributed by atoms with Crippen LogP contribution in [0.3, 0.4) is 0 Å². The Morgan fingerprint density at radius 2 is 2.17 bits per heavy atom. The lowest BCUT2D eigenvalue weighted by molar-refractivity contribution is 0.557. The Bertz CT molecular complexity index is 922. The fraction of sp³-hybridized carbons (Fsp3) is 0.0625. The van der Waals surface area contributed by atoms with Gasteiger partial charge >= 0.3 is 0 Å². The first kappa shape index (κ1) is 15.1. The van der Waals surface area contributed by atoms with E-state index in [0.29, 0.717) is 11.4 Å². The molecule has 0 amide bonds. The smallest absolute Gasteiger partial charge is 0.216 e. The van der Waals surface area contributed by atoms with Gasteiger partial charge in [0.2, 0.25) is 4.77 Å². The molecule has 3 aromatic rings. The fourth-order valence-corrected chi connectivity index (χ4v) is 2.18. The third-order valence-electron chi connectivity index (χ3n) is 3.06. The molecule has 2 heterocycles. The van der Waals surface area contributed by atoms with Crippen LogP contribution in [0, 0.1) is 10.6 Å². The molecule has 3 rings (SSSR count).